The number of anilines is 1. The Labute approximate surface area is 106 Å². The van der Waals surface area contributed by atoms with Crippen molar-refractivity contribution in [2.45, 2.75) is 33.2 Å². The first-order valence-electron chi connectivity index (χ1n) is 5.47. The van der Waals surface area contributed by atoms with E-state index in [-0.39, 0.29) is 6.61 Å². The van der Waals surface area contributed by atoms with Crippen molar-refractivity contribution in [2.24, 2.45) is 0 Å². The van der Waals surface area contributed by atoms with Crippen molar-refractivity contribution in [1.29, 1.82) is 0 Å². The quantitative estimate of drug-likeness (QED) is 0.880. The lowest BCUT2D eigenvalue weighted by molar-refractivity contribution is -0.180. The Hall–Kier alpha value is -1.34. The van der Waals surface area contributed by atoms with E-state index in [1.807, 2.05) is 6.92 Å². The fourth-order valence-electron chi connectivity index (χ4n) is 1.73. The number of aromatic nitrogens is 1. The summed E-state index contributed by atoms with van der Waals surface area (Å²) in [4.78, 5) is 4.13. The predicted molar refractivity (Wildman–Crippen MR) is 66.9 cm³/mol. The van der Waals surface area contributed by atoms with Gasteiger partial charge >= 0.3 is 0 Å². The number of fused-ring (bicyclic) bond motifs is 1. The van der Waals surface area contributed by atoms with E-state index < -0.39 is 15.8 Å². The number of aryl methyl sites for hydroxylation is 1. The normalized spacial score (nSPS) is 17.8. The molecule has 18 heavy (non-hydrogen) atoms. The molecule has 1 aliphatic heterocycles. The molecule has 0 radical (unpaired) electrons. The van der Waals surface area contributed by atoms with Crippen LogP contribution in [-0.2, 0) is 21.4 Å². The van der Waals surface area contributed by atoms with Gasteiger partial charge in [0.1, 0.15) is 0 Å². The number of rotatable bonds is 2. The first-order chi connectivity index (χ1) is 8.18. The number of hydrogen-bond donors (Lipinski definition) is 1. The van der Waals surface area contributed by atoms with Gasteiger partial charge in [-0.25, -0.2) is 8.42 Å². The van der Waals surface area contributed by atoms with Crippen LogP contribution < -0.4 is 9.46 Å². The molecule has 1 aliphatic rings. The SMILES string of the molecule is Cc1ncc(NS(C)(=O)=O)c2c1OC(C)(C)OC2. The molecule has 7 heteroatoms. The average molecular weight is 272 g/mol. The molecular formula is C11H16N2O4S. The van der Waals surface area contributed by atoms with Crippen LogP contribution in [0.25, 0.3) is 0 Å². The Kier molecular flexibility index (Phi) is 2.98. The monoisotopic (exact) mass is 272 g/mol. The Morgan fingerprint density at radius 3 is 2.72 bits per heavy atom. The van der Waals surface area contributed by atoms with E-state index in [1.165, 1.54) is 6.20 Å². The van der Waals surface area contributed by atoms with Gasteiger partial charge in [0.25, 0.3) is 0 Å². The predicted octanol–water partition coefficient (Wildman–Crippen LogP) is 1.41. The van der Waals surface area contributed by atoms with Gasteiger partial charge in [-0.2, -0.15) is 0 Å². The fourth-order valence-corrected chi connectivity index (χ4v) is 2.30. The molecule has 0 spiro atoms. The van der Waals surface area contributed by atoms with Crippen LogP contribution in [-0.4, -0.2) is 25.4 Å². The maximum absolute atomic E-state index is 11.3. The third kappa shape index (κ3) is 2.73. The van der Waals surface area contributed by atoms with Crippen LogP contribution in [0.2, 0.25) is 0 Å². The van der Waals surface area contributed by atoms with E-state index in [1.54, 1.807) is 13.8 Å². The second-order valence-corrected chi connectivity index (χ2v) is 6.48. The van der Waals surface area contributed by atoms with Gasteiger partial charge in [0.2, 0.25) is 15.8 Å². The molecule has 2 rings (SSSR count). The molecule has 1 aromatic rings. The maximum atomic E-state index is 11.3. The number of hydrogen-bond acceptors (Lipinski definition) is 5. The zero-order valence-electron chi connectivity index (χ0n) is 10.8. The smallest absolute Gasteiger partial charge is 0.229 e. The van der Waals surface area contributed by atoms with Gasteiger partial charge in [-0.1, -0.05) is 0 Å². The highest BCUT2D eigenvalue weighted by Gasteiger charge is 2.31. The van der Waals surface area contributed by atoms with Gasteiger partial charge in [0, 0.05) is 19.4 Å². The topological polar surface area (TPSA) is 77.5 Å². The minimum absolute atomic E-state index is 0.281. The summed E-state index contributed by atoms with van der Waals surface area (Å²) in [7, 11) is -3.35. The first-order valence-corrected chi connectivity index (χ1v) is 7.36. The summed E-state index contributed by atoms with van der Waals surface area (Å²) in [6.07, 6.45) is 2.56. The summed E-state index contributed by atoms with van der Waals surface area (Å²) in [6.45, 7) is 5.69. The Balaban J connectivity index is 2.48. The number of sulfonamides is 1. The summed E-state index contributed by atoms with van der Waals surface area (Å²) in [5.74, 6) is -0.150. The zero-order valence-corrected chi connectivity index (χ0v) is 11.6. The molecule has 0 aromatic carbocycles. The van der Waals surface area contributed by atoms with Crippen molar-refractivity contribution in [2.75, 3.05) is 11.0 Å². The third-order valence-electron chi connectivity index (χ3n) is 2.52. The molecule has 100 valence electrons. The second kappa shape index (κ2) is 4.10. The van der Waals surface area contributed by atoms with E-state index in [4.69, 9.17) is 9.47 Å². The number of nitrogens with zero attached hydrogens (tertiary/aromatic N) is 1. The lowest BCUT2D eigenvalue weighted by atomic mass is 10.1. The minimum Gasteiger partial charge on any atom is -0.461 e. The molecule has 1 N–H and O–H groups in total. The summed E-state index contributed by atoms with van der Waals surface area (Å²) < 4.78 is 36.2. The highest BCUT2D eigenvalue weighted by Crippen LogP contribution is 2.37. The van der Waals surface area contributed by atoms with E-state index in [0.717, 1.165) is 6.26 Å². The van der Waals surface area contributed by atoms with Crippen LogP contribution in [0, 0.1) is 6.92 Å². The van der Waals surface area contributed by atoms with Crippen molar-refractivity contribution in [1.82, 2.24) is 4.98 Å². The number of ether oxygens (including phenoxy) is 2. The molecule has 0 unspecified atom stereocenters. The molecule has 0 saturated heterocycles. The minimum atomic E-state index is -3.35. The fraction of sp³-hybridized carbons (Fsp3) is 0.545. The van der Waals surface area contributed by atoms with E-state index >= 15 is 0 Å². The van der Waals surface area contributed by atoms with Crippen molar-refractivity contribution >= 4 is 15.7 Å². The number of nitrogens with one attached hydrogen (secondary N) is 1. The lowest BCUT2D eigenvalue weighted by Gasteiger charge is -2.34. The molecule has 0 atom stereocenters. The molecule has 0 aliphatic carbocycles. The number of pyridine rings is 1. The van der Waals surface area contributed by atoms with Crippen LogP contribution in [0.3, 0.4) is 0 Å². The van der Waals surface area contributed by atoms with E-state index in [9.17, 15) is 8.42 Å². The van der Waals surface area contributed by atoms with Crippen LogP contribution >= 0.6 is 0 Å². The average Bonchev–Trinajstić information content (AvgIpc) is 2.20. The molecular weight excluding hydrogens is 256 g/mol. The molecule has 1 aromatic heterocycles. The third-order valence-corrected chi connectivity index (χ3v) is 3.11. The highest BCUT2D eigenvalue weighted by molar-refractivity contribution is 7.92. The maximum Gasteiger partial charge on any atom is 0.229 e. The van der Waals surface area contributed by atoms with Crippen molar-refractivity contribution in [3.63, 3.8) is 0 Å². The van der Waals surface area contributed by atoms with Gasteiger partial charge in [-0.05, 0) is 6.92 Å². The molecule has 2 heterocycles. The Bertz CT molecular complexity index is 581. The highest BCUT2D eigenvalue weighted by atomic mass is 32.2. The Morgan fingerprint density at radius 1 is 1.44 bits per heavy atom. The first kappa shape index (κ1) is 13.1. The van der Waals surface area contributed by atoms with Gasteiger partial charge in [-0.15, -0.1) is 0 Å². The molecule has 0 fully saturated rings. The lowest BCUT2D eigenvalue weighted by Crippen LogP contribution is -2.36. The second-order valence-electron chi connectivity index (χ2n) is 4.73. The van der Waals surface area contributed by atoms with Crippen LogP contribution in [0.15, 0.2) is 6.20 Å². The van der Waals surface area contributed by atoms with Gasteiger partial charge in [-0.3, -0.25) is 9.71 Å². The zero-order chi connectivity index (χ0) is 13.6. The van der Waals surface area contributed by atoms with Crippen LogP contribution in [0.1, 0.15) is 25.1 Å². The molecule has 0 saturated carbocycles. The van der Waals surface area contributed by atoms with Crippen LogP contribution in [0.4, 0.5) is 5.69 Å². The van der Waals surface area contributed by atoms with Gasteiger partial charge < -0.3 is 9.47 Å². The summed E-state index contributed by atoms with van der Waals surface area (Å²) in [6, 6.07) is 0. The summed E-state index contributed by atoms with van der Waals surface area (Å²) in [5.41, 5.74) is 1.78. The largest absolute Gasteiger partial charge is 0.461 e. The van der Waals surface area contributed by atoms with E-state index in [0.29, 0.717) is 22.7 Å². The Morgan fingerprint density at radius 2 is 2.11 bits per heavy atom. The summed E-state index contributed by atoms with van der Waals surface area (Å²) in [5, 5.41) is 0. The van der Waals surface area contributed by atoms with Gasteiger partial charge in [0.05, 0.1) is 30.4 Å². The van der Waals surface area contributed by atoms with Gasteiger partial charge in [0.15, 0.2) is 5.75 Å². The van der Waals surface area contributed by atoms with Crippen molar-refractivity contribution < 1.29 is 17.9 Å². The van der Waals surface area contributed by atoms with Crippen molar-refractivity contribution in [3.8, 4) is 5.75 Å². The van der Waals surface area contributed by atoms with Crippen LogP contribution in [0.5, 0.6) is 5.75 Å². The van der Waals surface area contributed by atoms with E-state index in [2.05, 4.69) is 9.71 Å². The standard InChI is InChI=1S/C11H16N2O4S/c1-7-10-8(6-16-11(2,3)17-10)9(5-12-7)13-18(4,14)15/h5,13H,6H2,1-4H3. The van der Waals surface area contributed by atoms with Crippen molar-refractivity contribution in [3.05, 3.63) is 17.5 Å². The molecule has 6 nitrogen and oxygen atoms in total. The molecule has 0 amide bonds. The molecule has 0 bridgehead atoms. The summed E-state index contributed by atoms with van der Waals surface area (Å²) >= 11 is 0.